The van der Waals surface area contributed by atoms with Gasteiger partial charge in [0.15, 0.2) is 0 Å². The van der Waals surface area contributed by atoms with Gasteiger partial charge < -0.3 is 4.74 Å². The average molecular weight is 208 g/mol. The number of methoxy groups -OCH3 is 1. The first kappa shape index (κ1) is 9.91. The van der Waals surface area contributed by atoms with E-state index in [1.165, 1.54) is 29.9 Å². The first-order valence-corrected chi connectivity index (χ1v) is 6.27. The molecule has 0 N–H and O–H groups in total. The van der Waals surface area contributed by atoms with Crippen molar-refractivity contribution in [3.05, 3.63) is 29.8 Å². The predicted octanol–water partition coefficient (Wildman–Crippen LogP) is 3.31. The molecule has 0 radical (unpaired) electrons. The molecule has 1 aliphatic heterocycles. The normalized spacial score (nSPS) is 18.1. The zero-order valence-electron chi connectivity index (χ0n) is 8.53. The molecule has 0 bridgehead atoms. The Morgan fingerprint density at radius 3 is 2.36 bits per heavy atom. The molecule has 0 unspecified atom stereocenters. The van der Waals surface area contributed by atoms with Gasteiger partial charge in [-0.3, -0.25) is 0 Å². The lowest BCUT2D eigenvalue weighted by molar-refractivity contribution is 0.414. The molecule has 0 atom stereocenters. The van der Waals surface area contributed by atoms with Gasteiger partial charge in [-0.25, -0.2) is 0 Å². The summed E-state index contributed by atoms with van der Waals surface area (Å²) >= 11 is 2.08. The lowest BCUT2D eigenvalue weighted by atomic mass is 9.93. The Kier molecular flexibility index (Phi) is 3.35. The Bertz CT molecular complexity index is 275. The molecule has 2 rings (SSSR count). The van der Waals surface area contributed by atoms with Crippen LogP contribution in [0.1, 0.15) is 24.3 Å². The standard InChI is InChI=1S/C12H16OS/c1-13-12-4-2-10(3-5-12)11-6-8-14-9-7-11/h2-5,11H,6-9H2,1H3. The molecular formula is C12H16OS. The van der Waals surface area contributed by atoms with E-state index in [0.717, 1.165) is 11.7 Å². The van der Waals surface area contributed by atoms with Gasteiger partial charge in [0.1, 0.15) is 5.75 Å². The molecule has 2 heteroatoms. The van der Waals surface area contributed by atoms with Crippen molar-refractivity contribution in [3.63, 3.8) is 0 Å². The SMILES string of the molecule is COc1ccc(C2CCSCC2)cc1. The molecule has 1 nitrogen and oxygen atoms in total. The quantitative estimate of drug-likeness (QED) is 0.737. The number of hydrogen-bond acceptors (Lipinski definition) is 2. The third-order valence-electron chi connectivity index (χ3n) is 2.81. The van der Waals surface area contributed by atoms with Gasteiger partial charge in [0.25, 0.3) is 0 Å². The van der Waals surface area contributed by atoms with Crippen molar-refractivity contribution in [2.24, 2.45) is 0 Å². The number of ether oxygens (including phenoxy) is 1. The third-order valence-corrected chi connectivity index (χ3v) is 3.86. The van der Waals surface area contributed by atoms with Gasteiger partial charge in [-0.1, -0.05) is 12.1 Å². The zero-order valence-corrected chi connectivity index (χ0v) is 9.35. The summed E-state index contributed by atoms with van der Waals surface area (Å²) in [5, 5.41) is 0. The largest absolute Gasteiger partial charge is 0.497 e. The topological polar surface area (TPSA) is 9.23 Å². The minimum absolute atomic E-state index is 0.780. The number of thioether (sulfide) groups is 1. The van der Waals surface area contributed by atoms with Crippen molar-refractivity contribution < 1.29 is 4.74 Å². The smallest absolute Gasteiger partial charge is 0.118 e. The van der Waals surface area contributed by atoms with Gasteiger partial charge in [0, 0.05) is 0 Å². The first-order valence-electron chi connectivity index (χ1n) is 5.12. The summed E-state index contributed by atoms with van der Waals surface area (Å²) < 4.78 is 5.15. The molecule has 0 aliphatic carbocycles. The van der Waals surface area contributed by atoms with E-state index >= 15 is 0 Å². The lowest BCUT2D eigenvalue weighted by Crippen LogP contribution is -2.07. The van der Waals surface area contributed by atoms with E-state index in [0.29, 0.717) is 0 Å². The minimum atomic E-state index is 0.780. The van der Waals surface area contributed by atoms with E-state index in [2.05, 4.69) is 36.0 Å². The molecule has 14 heavy (non-hydrogen) atoms. The molecule has 1 fully saturated rings. The van der Waals surface area contributed by atoms with Crippen molar-refractivity contribution in [1.29, 1.82) is 0 Å². The van der Waals surface area contributed by atoms with Crippen molar-refractivity contribution in [3.8, 4) is 5.75 Å². The summed E-state index contributed by atoms with van der Waals surface area (Å²) in [6.07, 6.45) is 2.66. The molecule has 1 aromatic rings. The van der Waals surface area contributed by atoms with Gasteiger partial charge in [-0.2, -0.15) is 11.8 Å². The summed E-state index contributed by atoms with van der Waals surface area (Å²) in [6, 6.07) is 8.55. The maximum Gasteiger partial charge on any atom is 0.118 e. The van der Waals surface area contributed by atoms with Crippen LogP contribution in [-0.4, -0.2) is 18.6 Å². The van der Waals surface area contributed by atoms with Gasteiger partial charge in [-0.05, 0) is 48.0 Å². The fourth-order valence-electron chi connectivity index (χ4n) is 1.91. The van der Waals surface area contributed by atoms with Gasteiger partial charge in [-0.15, -0.1) is 0 Å². The second kappa shape index (κ2) is 4.74. The second-order valence-electron chi connectivity index (χ2n) is 3.66. The van der Waals surface area contributed by atoms with Crippen LogP contribution in [-0.2, 0) is 0 Å². The maximum absolute atomic E-state index is 5.15. The van der Waals surface area contributed by atoms with Crippen LogP contribution in [0.5, 0.6) is 5.75 Å². The fourth-order valence-corrected chi connectivity index (χ4v) is 3.01. The number of benzene rings is 1. The lowest BCUT2D eigenvalue weighted by Gasteiger charge is -2.21. The predicted molar refractivity (Wildman–Crippen MR) is 62.3 cm³/mol. The van der Waals surface area contributed by atoms with Crippen molar-refractivity contribution >= 4 is 11.8 Å². The molecule has 1 aromatic carbocycles. The highest BCUT2D eigenvalue weighted by molar-refractivity contribution is 7.99. The van der Waals surface area contributed by atoms with Gasteiger partial charge in [0.05, 0.1) is 7.11 Å². The summed E-state index contributed by atoms with van der Waals surface area (Å²) in [6.45, 7) is 0. The highest BCUT2D eigenvalue weighted by Crippen LogP contribution is 2.32. The molecular weight excluding hydrogens is 192 g/mol. The molecule has 1 heterocycles. The Balaban J connectivity index is 2.07. The van der Waals surface area contributed by atoms with Crippen LogP contribution in [0, 0.1) is 0 Å². The Morgan fingerprint density at radius 2 is 1.79 bits per heavy atom. The number of hydrogen-bond donors (Lipinski definition) is 0. The molecule has 0 saturated carbocycles. The molecule has 0 amide bonds. The molecule has 1 aliphatic rings. The van der Waals surface area contributed by atoms with Gasteiger partial charge in [0.2, 0.25) is 0 Å². The highest BCUT2D eigenvalue weighted by atomic mass is 32.2. The second-order valence-corrected chi connectivity index (χ2v) is 4.88. The van der Waals surface area contributed by atoms with Crippen LogP contribution >= 0.6 is 11.8 Å². The third kappa shape index (κ3) is 2.24. The zero-order chi connectivity index (χ0) is 9.80. The first-order chi connectivity index (χ1) is 6.90. The van der Waals surface area contributed by atoms with E-state index in [9.17, 15) is 0 Å². The van der Waals surface area contributed by atoms with Crippen molar-refractivity contribution in [2.75, 3.05) is 18.6 Å². The maximum atomic E-state index is 5.15. The van der Waals surface area contributed by atoms with Crippen LogP contribution < -0.4 is 4.74 Å². The van der Waals surface area contributed by atoms with Crippen LogP contribution in [0.15, 0.2) is 24.3 Å². The van der Waals surface area contributed by atoms with Crippen molar-refractivity contribution in [1.82, 2.24) is 0 Å². The summed E-state index contributed by atoms with van der Waals surface area (Å²) in [7, 11) is 1.71. The molecule has 0 spiro atoms. The van der Waals surface area contributed by atoms with Crippen LogP contribution in [0.25, 0.3) is 0 Å². The molecule has 0 aromatic heterocycles. The summed E-state index contributed by atoms with van der Waals surface area (Å²) in [5.41, 5.74) is 1.48. The number of rotatable bonds is 2. The molecule has 1 saturated heterocycles. The van der Waals surface area contributed by atoms with Crippen LogP contribution in [0.3, 0.4) is 0 Å². The van der Waals surface area contributed by atoms with Crippen molar-refractivity contribution in [2.45, 2.75) is 18.8 Å². The van der Waals surface area contributed by atoms with Crippen LogP contribution in [0.4, 0.5) is 0 Å². The minimum Gasteiger partial charge on any atom is -0.497 e. The average Bonchev–Trinajstić information content (AvgIpc) is 2.30. The summed E-state index contributed by atoms with van der Waals surface area (Å²) in [5.74, 6) is 4.37. The monoisotopic (exact) mass is 208 g/mol. The Morgan fingerprint density at radius 1 is 1.14 bits per heavy atom. The highest BCUT2D eigenvalue weighted by Gasteiger charge is 2.15. The van der Waals surface area contributed by atoms with E-state index in [1.807, 2.05) is 0 Å². The van der Waals surface area contributed by atoms with E-state index in [-0.39, 0.29) is 0 Å². The van der Waals surface area contributed by atoms with E-state index in [4.69, 9.17) is 4.74 Å². The summed E-state index contributed by atoms with van der Waals surface area (Å²) in [4.78, 5) is 0. The van der Waals surface area contributed by atoms with E-state index in [1.54, 1.807) is 7.11 Å². The molecule has 76 valence electrons. The van der Waals surface area contributed by atoms with Gasteiger partial charge >= 0.3 is 0 Å². The van der Waals surface area contributed by atoms with Crippen LogP contribution in [0.2, 0.25) is 0 Å². The Labute approximate surface area is 89.9 Å². The van der Waals surface area contributed by atoms with E-state index < -0.39 is 0 Å². The Hall–Kier alpha value is -0.630. The fraction of sp³-hybridized carbons (Fsp3) is 0.500.